The van der Waals surface area contributed by atoms with E-state index in [9.17, 15) is 0 Å². The Balaban J connectivity index is 1.88. The SMILES string of the molecule is CCCOC(C)c1ccc(OCc2ccccc2)cc1. The lowest BCUT2D eigenvalue weighted by molar-refractivity contribution is 0.0662. The highest BCUT2D eigenvalue weighted by Gasteiger charge is 2.05. The van der Waals surface area contributed by atoms with Gasteiger partial charge >= 0.3 is 0 Å². The fourth-order valence-corrected chi connectivity index (χ4v) is 1.97. The maximum Gasteiger partial charge on any atom is 0.119 e. The molecule has 106 valence electrons. The van der Waals surface area contributed by atoms with Crippen LogP contribution < -0.4 is 4.74 Å². The van der Waals surface area contributed by atoms with Crippen molar-refractivity contribution in [3.63, 3.8) is 0 Å². The average molecular weight is 270 g/mol. The molecule has 2 rings (SSSR count). The van der Waals surface area contributed by atoms with Crippen LogP contribution >= 0.6 is 0 Å². The molecule has 0 N–H and O–H groups in total. The largest absolute Gasteiger partial charge is 0.489 e. The van der Waals surface area contributed by atoms with E-state index in [0.717, 1.165) is 18.8 Å². The Morgan fingerprint density at radius 2 is 1.65 bits per heavy atom. The first-order valence-electron chi connectivity index (χ1n) is 7.18. The van der Waals surface area contributed by atoms with Gasteiger partial charge in [0, 0.05) is 6.61 Å². The Kier molecular flexibility index (Phi) is 5.63. The van der Waals surface area contributed by atoms with E-state index < -0.39 is 0 Å². The summed E-state index contributed by atoms with van der Waals surface area (Å²) in [6, 6.07) is 18.3. The summed E-state index contributed by atoms with van der Waals surface area (Å²) in [5, 5.41) is 0. The van der Waals surface area contributed by atoms with Gasteiger partial charge in [0.05, 0.1) is 6.10 Å². The first-order valence-corrected chi connectivity index (χ1v) is 7.18. The lowest BCUT2D eigenvalue weighted by atomic mass is 10.1. The molecular weight excluding hydrogens is 248 g/mol. The minimum Gasteiger partial charge on any atom is -0.489 e. The molecule has 0 spiro atoms. The highest BCUT2D eigenvalue weighted by Crippen LogP contribution is 2.21. The Bertz CT molecular complexity index is 491. The second-order valence-corrected chi connectivity index (χ2v) is 4.86. The van der Waals surface area contributed by atoms with Crippen molar-refractivity contribution in [3.8, 4) is 5.75 Å². The second kappa shape index (κ2) is 7.71. The fraction of sp³-hybridized carbons (Fsp3) is 0.333. The molecule has 0 saturated carbocycles. The first-order chi connectivity index (χ1) is 9.79. The van der Waals surface area contributed by atoms with Crippen molar-refractivity contribution in [1.29, 1.82) is 0 Å². The van der Waals surface area contributed by atoms with Crippen molar-refractivity contribution in [2.45, 2.75) is 33.0 Å². The van der Waals surface area contributed by atoms with Gasteiger partial charge in [0.1, 0.15) is 12.4 Å². The van der Waals surface area contributed by atoms with Gasteiger partial charge in [-0.3, -0.25) is 0 Å². The van der Waals surface area contributed by atoms with Crippen molar-refractivity contribution in [2.24, 2.45) is 0 Å². The van der Waals surface area contributed by atoms with Gasteiger partial charge in [0.2, 0.25) is 0 Å². The number of hydrogen-bond acceptors (Lipinski definition) is 2. The fourth-order valence-electron chi connectivity index (χ4n) is 1.97. The number of benzene rings is 2. The quantitative estimate of drug-likeness (QED) is 0.722. The predicted molar refractivity (Wildman–Crippen MR) is 81.9 cm³/mol. The van der Waals surface area contributed by atoms with E-state index in [1.54, 1.807) is 0 Å². The van der Waals surface area contributed by atoms with Crippen LogP contribution in [0.1, 0.15) is 37.5 Å². The second-order valence-electron chi connectivity index (χ2n) is 4.86. The molecule has 0 radical (unpaired) electrons. The molecule has 2 aromatic carbocycles. The molecule has 1 unspecified atom stereocenters. The Morgan fingerprint density at radius 3 is 2.30 bits per heavy atom. The molecule has 0 aromatic heterocycles. The third-order valence-electron chi connectivity index (χ3n) is 3.17. The summed E-state index contributed by atoms with van der Waals surface area (Å²) in [6.07, 6.45) is 1.18. The van der Waals surface area contributed by atoms with Crippen molar-refractivity contribution in [3.05, 3.63) is 65.7 Å². The van der Waals surface area contributed by atoms with Crippen LogP contribution in [0.5, 0.6) is 5.75 Å². The number of hydrogen-bond donors (Lipinski definition) is 0. The molecule has 2 nitrogen and oxygen atoms in total. The summed E-state index contributed by atoms with van der Waals surface area (Å²) in [6.45, 7) is 5.60. The third-order valence-corrected chi connectivity index (χ3v) is 3.17. The molecule has 0 aliphatic carbocycles. The Morgan fingerprint density at radius 1 is 0.950 bits per heavy atom. The molecular formula is C18H22O2. The van der Waals surface area contributed by atoms with E-state index in [-0.39, 0.29) is 6.10 Å². The Hall–Kier alpha value is -1.80. The summed E-state index contributed by atoms with van der Waals surface area (Å²) in [5.41, 5.74) is 2.36. The standard InChI is InChI=1S/C18H22O2/c1-3-13-19-15(2)17-9-11-18(12-10-17)20-14-16-7-5-4-6-8-16/h4-12,15H,3,13-14H2,1-2H3. The molecule has 0 heterocycles. The molecule has 0 saturated heterocycles. The minimum atomic E-state index is 0.137. The zero-order valence-corrected chi connectivity index (χ0v) is 12.2. The van der Waals surface area contributed by atoms with E-state index >= 15 is 0 Å². The van der Waals surface area contributed by atoms with E-state index in [4.69, 9.17) is 9.47 Å². The third kappa shape index (κ3) is 4.39. The topological polar surface area (TPSA) is 18.5 Å². The van der Waals surface area contributed by atoms with E-state index in [2.05, 4.69) is 38.1 Å². The van der Waals surface area contributed by atoms with Gasteiger partial charge in [-0.2, -0.15) is 0 Å². The van der Waals surface area contributed by atoms with Crippen LogP contribution in [0.15, 0.2) is 54.6 Å². The van der Waals surface area contributed by atoms with Crippen molar-refractivity contribution in [1.82, 2.24) is 0 Å². The molecule has 2 heteroatoms. The summed E-state index contributed by atoms with van der Waals surface area (Å²) in [4.78, 5) is 0. The van der Waals surface area contributed by atoms with E-state index in [1.807, 2.05) is 30.3 Å². The maximum absolute atomic E-state index is 5.77. The zero-order valence-electron chi connectivity index (χ0n) is 12.2. The van der Waals surface area contributed by atoms with Gasteiger partial charge in [-0.05, 0) is 36.6 Å². The monoisotopic (exact) mass is 270 g/mol. The normalized spacial score (nSPS) is 12.1. The smallest absolute Gasteiger partial charge is 0.119 e. The van der Waals surface area contributed by atoms with Gasteiger partial charge in [-0.15, -0.1) is 0 Å². The molecule has 0 bridgehead atoms. The minimum absolute atomic E-state index is 0.137. The van der Waals surface area contributed by atoms with Crippen LogP contribution in [-0.2, 0) is 11.3 Å². The van der Waals surface area contributed by atoms with Crippen molar-refractivity contribution >= 4 is 0 Å². The lowest BCUT2D eigenvalue weighted by Crippen LogP contribution is -2.01. The lowest BCUT2D eigenvalue weighted by Gasteiger charge is -2.13. The summed E-state index contributed by atoms with van der Waals surface area (Å²) in [7, 11) is 0. The van der Waals surface area contributed by atoms with E-state index in [1.165, 1.54) is 11.1 Å². The van der Waals surface area contributed by atoms with Crippen LogP contribution in [0, 0.1) is 0 Å². The van der Waals surface area contributed by atoms with Crippen molar-refractivity contribution in [2.75, 3.05) is 6.61 Å². The summed E-state index contributed by atoms with van der Waals surface area (Å²) >= 11 is 0. The van der Waals surface area contributed by atoms with Gasteiger partial charge < -0.3 is 9.47 Å². The van der Waals surface area contributed by atoms with Gasteiger partial charge in [-0.1, -0.05) is 49.4 Å². The van der Waals surface area contributed by atoms with Gasteiger partial charge in [0.15, 0.2) is 0 Å². The number of ether oxygens (including phenoxy) is 2. The van der Waals surface area contributed by atoms with Crippen LogP contribution in [0.25, 0.3) is 0 Å². The highest BCUT2D eigenvalue weighted by atomic mass is 16.5. The van der Waals surface area contributed by atoms with E-state index in [0.29, 0.717) is 6.61 Å². The molecule has 20 heavy (non-hydrogen) atoms. The molecule has 1 atom stereocenters. The summed E-state index contributed by atoms with van der Waals surface area (Å²) in [5.74, 6) is 0.889. The number of rotatable bonds is 7. The van der Waals surface area contributed by atoms with Gasteiger partial charge in [0.25, 0.3) is 0 Å². The molecule has 0 fully saturated rings. The molecule has 0 aliphatic rings. The first kappa shape index (κ1) is 14.6. The maximum atomic E-state index is 5.77. The Labute approximate surface area is 121 Å². The molecule has 0 amide bonds. The highest BCUT2D eigenvalue weighted by molar-refractivity contribution is 5.28. The molecule has 2 aromatic rings. The van der Waals surface area contributed by atoms with Crippen LogP contribution in [0.2, 0.25) is 0 Å². The zero-order chi connectivity index (χ0) is 14.2. The average Bonchev–Trinajstić information content (AvgIpc) is 2.52. The predicted octanol–water partition coefficient (Wildman–Crippen LogP) is 4.75. The van der Waals surface area contributed by atoms with Crippen LogP contribution in [-0.4, -0.2) is 6.61 Å². The molecule has 0 aliphatic heterocycles. The van der Waals surface area contributed by atoms with Gasteiger partial charge in [-0.25, -0.2) is 0 Å². The summed E-state index contributed by atoms with van der Waals surface area (Å²) < 4.78 is 11.5. The van der Waals surface area contributed by atoms with Crippen LogP contribution in [0.3, 0.4) is 0 Å². The van der Waals surface area contributed by atoms with Crippen LogP contribution in [0.4, 0.5) is 0 Å². The van der Waals surface area contributed by atoms with Crippen molar-refractivity contribution < 1.29 is 9.47 Å².